The molecule has 2 amide bonds. The topological polar surface area (TPSA) is 87.7 Å². The number of alkyl halides is 3. The van der Waals surface area contributed by atoms with Gasteiger partial charge in [-0.15, -0.1) is 0 Å². The molecule has 166 valence electrons. The van der Waals surface area contributed by atoms with Crippen molar-refractivity contribution in [3.8, 4) is 0 Å². The van der Waals surface area contributed by atoms with E-state index in [1.165, 1.54) is 12.1 Å². The second-order valence-electron chi connectivity index (χ2n) is 7.44. The molecular weight excluding hydrogens is 423 g/mol. The van der Waals surface area contributed by atoms with Gasteiger partial charge in [0, 0.05) is 26.1 Å². The van der Waals surface area contributed by atoms with Crippen molar-refractivity contribution in [2.24, 2.45) is 5.92 Å². The quantitative estimate of drug-likeness (QED) is 0.672. The Morgan fingerprint density at radius 2 is 1.90 bits per heavy atom. The summed E-state index contributed by atoms with van der Waals surface area (Å²) >= 11 is 0. The van der Waals surface area contributed by atoms with Crippen LogP contribution in [0.3, 0.4) is 0 Å². The van der Waals surface area contributed by atoms with Crippen molar-refractivity contribution in [2.75, 3.05) is 26.2 Å². The lowest BCUT2D eigenvalue weighted by Crippen LogP contribution is -2.41. The maximum atomic E-state index is 12.6. The third-order valence-corrected chi connectivity index (χ3v) is 6.44. The maximum absolute atomic E-state index is 12.6. The van der Waals surface area contributed by atoms with Crippen LogP contribution >= 0.6 is 0 Å². The largest absolute Gasteiger partial charge is 0.447 e. The van der Waals surface area contributed by atoms with Crippen molar-refractivity contribution in [3.63, 3.8) is 0 Å². The summed E-state index contributed by atoms with van der Waals surface area (Å²) in [5, 5.41) is 2.65. The van der Waals surface area contributed by atoms with Gasteiger partial charge < -0.3 is 15.0 Å². The molecule has 0 aromatic heterocycles. The predicted octanol–water partition coefficient (Wildman–Crippen LogP) is 2.44. The Kier molecular flexibility index (Phi) is 7.35. The number of amides is 2. The molecule has 0 aliphatic carbocycles. The van der Waals surface area contributed by atoms with Crippen LogP contribution in [-0.2, 0) is 26.7 Å². The zero-order chi connectivity index (χ0) is 21.7. The molecule has 7 nitrogen and oxygen atoms in total. The molecule has 0 bridgehead atoms. The number of likely N-dealkylation sites (tertiary alicyclic amines) is 1. The molecule has 0 spiro atoms. The van der Waals surface area contributed by atoms with E-state index < -0.39 is 28.8 Å². The summed E-state index contributed by atoms with van der Waals surface area (Å²) in [7, 11) is -1.59. The van der Waals surface area contributed by atoms with Gasteiger partial charge in [-0.25, -0.2) is 13.7 Å². The highest BCUT2D eigenvalue weighted by molar-refractivity contribution is 7.83. The van der Waals surface area contributed by atoms with E-state index in [1.54, 1.807) is 4.90 Å². The van der Waals surface area contributed by atoms with E-state index in [2.05, 4.69) is 10.0 Å². The van der Waals surface area contributed by atoms with Gasteiger partial charge >= 0.3 is 12.3 Å². The second-order valence-corrected chi connectivity index (χ2v) is 8.74. The van der Waals surface area contributed by atoms with Crippen molar-refractivity contribution in [2.45, 2.75) is 42.8 Å². The lowest BCUT2D eigenvalue weighted by Gasteiger charge is -2.32. The van der Waals surface area contributed by atoms with Crippen LogP contribution in [0.5, 0.6) is 0 Å². The molecule has 0 saturated carbocycles. The number of nitrogens with one attached hydrogen (secondary N) is 2. The van der Waals surface area contributed by atoms with Gasteiger partial charge in [-0.05, 0) is 49.4 Å². The number of ether oxygens (including phenoxy) is 1. The number of cyclic esters (lactones) is 1. The zero-order valence-electron chi connectivity index (χ0n) is 16.2. The summed E-state index contributed by atoms with van der Waals surface area (Å²) in [6.07, 6.45) is -2.47. The number of alkyl carbamates (subject to hydrolysis) is 1. The SMILES string of the molecule is O=C1NC(CCC(=O)N2CCC(CNS(=O)c3ccc(C(F)(F)F)cc3)CC2)CO1. The Hall–Kier alpha value is -2.14. The first-order chi connectivity index (χ1) is 14.2. The van der Waals surface area contributed by atoms with Crippen LogP contribution in [0, 0.1) is 5.92 Å². The number of piperidine rings is 1. The average molecular weight is 447 g/mol. The molecule has 1 aromatic rings. The first kappa shape index (κ1) is 22.5. The van der Waals surface area contributed by atoms with E-state index in [1.807, 2.05) is 0 Å². The van der Waals surface area contributed by atoms with Crippen LogP contribution in [0.2, 0.25) is 0 Å². The van der Waals surface area contributed by atoms with Gasteiger partial charge in [0.2, 0.25) is 5.91 Å². The van der Waals surface area contributed by atoms with Crippen molar-refractivity contribution in [3.05, 3.63) is 29.8 Å². The first-order valence-corrected chi connectivity index (χ1v) is 10.9. The molecule has 11 heteroatoms. The smallest absolute Gasteiger partial charge is 0.416 e. The Balaban J connectivity index is 1.36. The lowest BCUT2D eigenvalue weighted by atomic mass is 9.97. The van der Waals surface area contributed by atoms with Gasteiger partial charge in [-0.3, -0.25) is 4.79 Å². The van der Waals surface area contributed by atoms with Crippen LogP contribution in [0.1, 0.15) is 31.2 Å². The predicted molar refractivity (Wildman–Crippen MR) is 103 cm³/mol. The Morgan fingerprint density at radius 1 is 1.23 bits per heavy atom. The number of carbonyl (C=O) groups is 2. The van der Waals surface area contributed by atoms with E-state index in [0.717, 1.165) is 25.0 Å². The molecule has 3 rings (SSSR count). The van der Waals surface area contributed by atoms with Crippen LogP contribution in [-0.4, -0.2) is 53.4 Å². The second kappa shape index (κ2) is 9.78. The first-order valence-electron chi connectivity index (χ1n) is 9.76. The summed E-state index contributed by atoms with van der Waals surface area (Å²) < 4.78 is 57.7. The van der Waals surface area contributed by atoms with Gasteiger partial charge in [0.25, 0.3) is 0 Å². The molecule has 0 radical (unpaired) electrons. The fourth-order valence-electron chi connectivity index (χ4n) is 3.47. The van der Waals surface area contributed by atoms with E-state index in [0.29, 0.717) is 37.4 Å². The summed E-state index contributed by atoms with van der Waals surface area (Å²) in [6, 6.07) is 4.14. The van der Waals surface area contributed by atoms with Gasteiger partial charge in [0.1, 0.15) is 17.6 Å². The normalized spacial score (nSPS) is 21.2. The standard InChI is InChI=1S/C19H24F3N3O4S/c20-19(21,22)14-1-4-16(5-2-14)30(28)23-11-13-7-9-25(10-8-13)17(26)6-3-15-12-29-18(27)24-15/h1-2,4-5,13,15,23H,3,6-12H2,(H,24,27). The van der Waals surface area contributed by atoms with Crippen LogP contribution in [0.4, 0.5) is 18.0 Å². The van der Waals surface area contributed by atoms with E-state index >= 15 is 0 Å². The van der Waals surface area contributed by atoms with Crippen LogP contribution in [0.15, 0.2) is 29.2 Å². The number of halogens is 3. The molecule has 30 heavy (non-hydrogen) atoms. The molecular formula is C19H24F3N3O4S. The molecule has 2 heterocycles. The zero-order valence-corrected chi connectivity index (χ0v) is 17.1. The summed E-state index contributed by atoms with van der Waals surface area (Å²) in [5.41, 5.74) is -0.775. The lowest BCUT2D eigenvalue weighted by molar-refractivity contribution is -0.137. The van der Waals surface area contributed by atoms with Crippen molar-refractivity contribution in [1.82, 2.24) is 14.9 Å². The summed E-state index contributed by atoms with van der Waals surface area (Å²) in [5.74, 6) is 0.269. The fraction of sp³-hybridized carbons (Fsp3) is 0.579. The highest BCUT2D eigenvalue weighted by atomic mass is 32.2. The minimum absolute atomic E-state index is 0.0379. The van der Waals surface area contributed by atoms with E-state index in [9.17, 15) is 27.0 Å². The highest BCUT2D eigenvalue weighted by Crippen LogP contribution is 2.29. The molecule has 2 unspecified atom stereocenters. The third-order valence-electron chi connectivity index (χ3n) is 5.31. The van der Waals surface area contributed by atoms with Crippen molar-refractivity contribution in [1.29, 1.82) is 0 Å². The molecule has 2 N–H and O–H groups in total. The molecule has 2 atom stereocenters. The monoisotopic (exact) mass is 447 g/mol. The molecule has 2 saturated heterocycles. The van der Waals surface area contributed by atoms with Crippen LogP contribution in [0.25, 0.3) is 0 Å². The number of hydrogen-bond acceptors (Lipinski definition) is 4. The molecule has 2 fully saturated rings. The number of hydrogen-bond donors (Lipinski definition) is 2. The Labute approximate surface area is 174 Å². The van der Waals surface area contributed by atoms with Gasteiger partial charge in [0.05, 0.1) is 16.5 Å². The van der Waals surface area contributed by atoms with E-state index in [-0.39, 0.29) is 24.5 Å². The number of nitrogens with zero attached hydrogens (tertiary/aromatic N) is 1. The Morgan fingerprint density at radius 3 is 2.47 bits per heavy atom. The van der Waals surface area contributed by atoms with Crippen LogP contribution < -0.4 is 10.0 Å². The minimum atomic E-state index is -4.42. The van der Waals surface area contributed by atoms with Gasteiger partial charge in [-0.2, -0.15) is 13.2 Å². The number of benzene rings is 1. The minimum Gasteiger partial charge on any atom is -0.447 e. The molecule has 1 aromatic carbocycles. The molecule has 2 aliphatic rings. The van der Waals surface area contributed by atoms with E-state index in [4.69, 9.17) is 4.74 Å². The maximum Gasteiger partial charge on any atom is 0.416 e. The summed E-state index contributed by atoms with van der Waals surface area (Å²) in [6.45, 7) is 1.95. The fourth-order valence-corrected chi connectivity index (χ4v) is 4.41. The van der Waals surface area contributed by atoms with Crippen molar-refractivity contribution >= 4 is 23.0 Å². The van der Waals surface area contributed by atoms with Crippen molar-refractivity contribution < 1.29 is 31.7 Å². The average Bonchev–Trinajstić information content (AvgIpc) is 3.15. The summed E-state index contributed by atoms with van der Waals surface area (Å²) in [4.78, 5) is 25.4. The number of rotatable bonds is 7. The van der Waals surface area contributed by atoms with Gasteiger partial charge in [-0.1, -0.05) is 0 Å². The molecule has 2 aliphatic heterocycles. The highest BCUT2D eigenvalue weighted by Gasteiger charge is 2.30. The third kappa shape index (κ3) is 6.18. The number of carbonyl (C=O) groups excluding carboxylic acids is 2. The van der Waals surface area contributed by atoms with Gasteiger partial charge in [0.15, 0.2) is 0 Å². The Bertz CT molecular complexity index is 780.